The second-order valence-corrected chi connectivity index (χ2v) is 6.17. The van der Waals surface area contributed by atoms with Gasteiger partial charge in [-0.15, -0.1) is 0 Å². The van der Waals surface area contributed by atoms with E-state index in [1.165, 1.54) is 11.8 Å². The molecular formula is C15H10F6N2OS. The highest BCUT2D eigenvalue weighted by Gasteiger charge is 2.38. The molecule has 1 heterocycles. The lowest BCUT2D eigenvalue weighted by Crippen LogP contribution is -2.27. The lowest BCUT2D eigenvalue weighted by Gasteiger charge is -2.18. The van der Waals surface area contributed by atoms with Crippen molar-refractivity contribution in [2.45, 2.75) is 12.4 Å². The molecule has 0 aliphatic carbocycles. The van der Waals surface area contributed by atoms with Crippen LogP contribution in [0.3, 0.4) is 0 Å². The number of ketones is 1. The van der Waals surface area contributed by atoms with Crippen molar-refractivity contribution in [3.63, 3.8) is 0 Å². The van der Waals surface area contributed by atoms with Gasteiger partial charge in [0, 0.05) is 29.3 Å². The fourth-order valence-electron chi connectivity index (χ4n) is 2.15. The zero-order chi connectivity index (χ0) is 18.8. The number of carbonyl (C=O) groups is 1. The van der Waals surface area contributed by atoms with Crippen LogP contribution in [0.2, 0.25) is 0 Å². The van der Waals surface area contributed by atoms with Crippen LogP contribution in [0.15, 0.2) is 29.5 Å². The Morgan fingerprint density at radius 3 is 2.04 bits per heavy atom. The van der Waals surface area contributed by atoms with Crippen molar-refractivity contribution in [2.24, 2.45) is 0 Å². The molecule has 1 aliphatic heterocycles. The van der Waals surface area contributed by atoms with E-state index in [-0.39, 0.29) is 17.5 Å². The minimum absolute atomic E-state index is 0.0648. The molecule has 3 nitrogen and oxygen atoms in total. The van der Waals surface area contributed by atoms with Gasteiger partial charge in [-0.25, -0.2) is 0 Å². The number of hydrogen-bond acceptors (Lipinski definition) is 4. The monoisotopic (exact) mass is 380 g/mol. The topological polar surface area (TPSA) is 52.9 Å². The molecule has 0 atom stereocenters. The van der Waals surface area contributed by atoms with Crippen LogP contribution >= 0.6 is 11.8 Å². The maximum Gasteiger partial charge on any atom is 0.416 e. The summed E-state index contributed by atoms with van der Waals surface area (Å²) in [5.41, 5.74) is -4.31. The number of nitrogens with zero attached hydrogens (tertiary/aromatic N) is 1. The van der Waals surface area contributed by atoms with Crippen LogP contribution < -0.4 is 5.32 Å². The minimum atomic E-state index is -5.06. The number of benzene rings is 1. The van der Waals surface area contributed by atoms with Crippen molar-refractivity contribution < 1.29 is 31.1 Å². The number of Topliss-reactive ketones (excluding diaryl/α,β-unsaturated/α-hetero) is 1. The fraction of sp³-hybridized carbons (Fsp3) is 0.333. The van der Waals surface area contributed by atoms with Gasteiger partial charge < -0.3 is 5.32 Å². The van der Waals surface area contributed by atoms with Crippen molar-refractivity contribution in [2.75, 3.05) is 18.1 Å². The largest absolute Gasteiger partial charge is 0.416 e. The third-order valence-corrected chi connectivity index (χ3v) is 4.31. The molecule has 1 aliphatic rings. The van der Waals surface area contributed by atoms with Crippen molar-refractivity contribution in [3.8, 4) is 6.07 Å². The van der Waals surface area contributed by atoms with Crippen LogP contribution in [-0.4, -0.2) is 23.8 Å². The highest BCUT2D eigenvalue weighted by atomic mass is 32.2. The van der Waals surface area contributed by atoms with Gasteiger partial charge in [0.05, 0.1) is 11.1 Å². The third kappa shape index (κ3) is 4.48. The molecule has 0 aromatic heterocycles. The van der Waals surface area contributed by atoms with Crippen molar-refractivity contribution >= 4 is 17.5 Å². The Bertz CT molecular complexity index is 721. The van der Waals surface area contributed by atoms with Crippen LogP contribution in [0.1, 0.15) is 21.5 Å². The molecule has 1 aromatic rings. The average Bonchev–Trinajstić information content (AvgIpc) is 2.54. The maximum absolute atomic E-state index is 12.9. The highest BCUT2D eigenvalue weighted by molar-refractivity contribution is 7.99. The van der Waals surface area contributed by atoms with Crippen LogP contribution in [0.25, 0.3) is 0 Å². The molecule has 0 unspecified atom stereocenters. The first-order valence-corrected chi connectivity index (χ1v) is 7.98. The standard InChI is InChI=1S/C15H10F6N2OS/c16-14(17,18)9-3-8(4-10(5-9)15(19,20)21)13(24)11(6-22)12-7-25-2-1-23-12/h3-5,23H,1-2,7H2/b12-11+. The molecular weight excluding hydrogens is 370 g/mol. The summed E-state index contributed by atoms with van der Waals surface area (Å²) in [6, 6.07) is 2.16. The van der Waals surface area contributed by atoms with Crippen LogP contribution in [-0.2, 0) is 12.4 Å². The summed E-state index contributed by atoms with van der Waals surface area (Å²) in [7, 11) is 0. The Balaban J connectivity index is 2.57. The highest BCUT2D eigenvalue weighted by Crippen LogP contribution is 2.36. The molecule has 1 aromatic carbocycles. The molecule has 0 spiro atoms. The smallest absolute Gasteiger partial charge is 0.386 e. The van der Waals surface area contributed by atoms with Gasteiger partial charge in [0.2, 0.25) is 5.78 Å². The van der Waals surface area contributed by atoms with E-state index in [1.54, 1.807) is 6.07 Å². The second kappa shape index (κ2) is 7.00. The van der Waals surface area contributed by atoms with Gasteiger partial charge in [-0.3, -0.25) is 4.79 Å². The summed E-state index contributed by atoms with van der Waals surface area (Å²) in [6.45, 7) is 0.439. The SMILES string of the molecule is N#C/C(C(=O)c1cc(C(F)(F)F)cc(C(F)(F)F)c1)=C1/CSCCN1. The molecule has 0 saturated carbocycles. The number of halogens is 6. The normalized spacial score (nSPS) is 17.5. The second-order valence-electron chi connectivity index (χ2n) is 5.07. The summed E-state index contributed by atoms with van der Waals surface area (Å²) >= 11 is 1.39. The Hall–Kier alpha value is -2.15. The first-order valence-electron chi connectivity index (χ1n) is 6.83. The first-order chi connectivity index (χ1) is 11.5. The molecule has 0 amide bonds. The molecule has 25 heavy (non-hydrogen) atoms. The number of hydrogen-bond donors (Lipinski definition) is 1. The zero-order valence-corrected chi connectivity index (χ0v) is 13.2. The molecule has 10 heteroatoms. The fourth-order valence-corrected chi connectivity index (χ4v) is 2.99. The maximum atomic E-state index is 12.9. The number of nitriles is 1. The number of thioether (sulfide) groups is 1. The van der Waals surface area contributed by atoms with Gasteiger partial charge in [0.25, 0.3) is 0 Å². The van der Waals surface area contributed by atoms with E-state index in [9.17, 15) is 31.1 Å². The lowest BCUT2D eigenvalue weighted by atomic mass is 9.97. The van der Waals surface area contributed by atoms with Crippen molar-refractivity contribution in [1.29, 1.82) is 5.26 Å². The quantitative estimate of drug-likeness (QED) is 0.364. The van der Waals surface area contributed by atoms with E-state index < -0.39 is 40.4 Å². The Kier molecular flexibility index (Phi) is 5.37. The van der Waals surface area contributed by atoms with Gasteiger partial charge in [0.1, 0.15) is 11.6 Å². The van der Waals surface area contributed by atoms with E-state index in [0.717, 1.165) is 0 Å². The summed E-state index contributed by atoms with van der Waals surface area (Å²) in [5, 5.41) is 11.9. The van der Waals surface area contributed by atoms with E-state index in [2.05, 4.69) is 5.32 Å². The van der Waals surface area contributed by atoms with E-state index in [4.69, 9.17) is 5.26 Å². The zero-order valence-electron chi connectivity index (χ0n) is 12.4. The third-order valence-electron chi connectivity index (χ3n) is 3.32. The summed E-state index contributed by atoms with van der Waals surface area (Å²) in [4.78, 5) is 12.4. The van der Waals surface area contributed by atoms with Gasteiger partial charge in [0.15, 0.2) is 0 Å². The minimum Gasteiger partial charge on any atom is -0.386 e. The number of rotatable bonds is 2. The molecule has 0 radical (unpaired) electrons. The molecule has 2 rings (SSSR count). The van der Waals surface area contributed by atoms with E-state index >= 15 is 0 Å². The van der Waals surface area contributed by atoms with Crippen molar-refractivity contribution in [1.82, 2.24) is 5.32 Å². The number of carbonyl (C=O) groups excluding carboxylic acids is 1. The van der Waals surface area contributed by atoms with E-state index in [1.807, 2.05) is 0 Å². The molecule has 1 saturated heterocycles. The average molecular weight is 380 g/mol. The molecule has 0 bridgehead atoms. The Morgan fingerprint density at radius 2 is 1.64 bits per heavy atom. The van der Waals surface area contributed by atoms with Crippen molar-refractivity contribution in [3.05, 3.63) is 46.2 Å². The van der Waals surface area contributed by atoms with Crippen LogP contribution in [0, 0.1) is 11.3 Å². The van der Waals surface area contributed by atoms with Gasteiger partial charge >= 0.3 is 12.4 Å². The molecule has 134 valence electrons. The van der Waals surface area contributed by atoms with Gasteiger partial charge in [-0.05, 0) is 18.2 Å². The summed E-state index contributed by atoms with van der Waals surface area (Å²) in [6.07, 6.45) is -10.1. The molecule has 1 N–H and O–H groups in total. The Labute approximate surface area is 142 Å². The summed E-state index contributed by atoms with van der Waals surface area (Å²) in [5.74, 6) is -0.221. The van der Waals surface area contributed by atoms with E-state index in [0.29, 0.717) is 24.4 Å². The first kappa shape index (κ1) is 19.2. The van der Waals surface area contributed by atoms with Gasteiger partial charge in [-0.1, -0.05) is 0 Å². The number of allylic oxidation sites excluding steroid dienone is 1. The number of nitrogens with one attached hydrogen (secondary N) is 1. The number of alkyl halides is 6. The summed E-state index contributed by atoms with van der Waals surface area (Å²) < 4.78 is 77.2. The predicted molar refractivity (Wildman–Crippen MR) is 78.7 cm³/mol. The predicted octanol–water partition coefficient (Wildman–Crippen LogP) is 4.02. The van der Waals surface area contributed by atoms with Gasteiger partial charge in [-0.2, -0.15) is 43.4 Å². The van der Waals surface area contributed by atoms with Crippen LogP contribution in [0.4, 0.5) is 26.3 Å². The molecule has 1 fully saturated rings. The lowest BCUT2D eigenvalue weighted by molar-refractivity contribution is -0.143. The van der Waals surface area contributed by atoms with Crippen LogP contribution in [0.5, 0.6) is 0 Å². The Morgan fingerprint density at radius 1 is 1.08 bits per heavy atom.